The molecule has 0 bridgehead atoms. The summed E-state index contributed by atoms with van der Waals surface area (Å²) in [6, 6.07) is 7.51. The van der Waals surface area contributed by atoms with E-state index in [0.29, 0.717) is 0 Å². The molecule has 0 aromatic heterocycles. The van der Waals surface area contributed by atoms with Gasteiger partial charge in [-0.15, -0.1) is 0 Å². The summed E-state index contributed by atoms with van der Waals surface area (Å²) in [5.41, 5.74) is 0.659. The van der Waals surface area contributed by atoms with E-state index >= 15 is 0 Å². The van der Waals surface area contributed by atoms with E-state index in [9.17, 15) is 5.11 Å². The van der Waals surface area contributed by atoms with Gasteiger partial charge in [0.2, 0.25) is 0 Å². The molecule has 1 aliphatic rings. The molecule has 100 valence electrons. The van der Waals surface area contributed by atoms with Crippen LogP contribution in [-0.4, -0.2) is 35.5 Å². The lowest BCUT2D eigenvalue weighted by molar-refractivity contribution is 0.146. The zero-order chi connectivity index (χ0) is 13.0. The third-order valence-corrected chi connectivity index (χ3v) is 3.78. The van der Waals surface area contributed by atoms with Gasteiger partial charge >= 0.3 is 0 Å². The highest BCUT2D eigenvalue weighted by atomic mass is 16.5. The molecule has 0 spiro atoms. The minimum Gasteiger partial charge on any atom is -0.490 e. The Morgan fingerprint density at radius 3 is 2.89 bits per heavy atom. The monoisotopic (exact) mass is 251 g/mol. The van der Waals surface area contributed by atoms with Gasteiger partial charge in [-0.2, -0.15) is 0 Å². The molecule has 4 heteroatoms. The highest BCUT2D eigenvalue weighted by Gasteiger charge is 2.38. The normalized spacial score (nSPS) is 27.4. The number of hydrogen-bond donors (Lipinski definition) is 3. The lowest BCUT2D eigenvalue weighted by Gasteiger charge is -2.26. The summed E-state index contributed by atoms with van der Waals surface area (Å²) in [5, 5.41) is 21.7. The van der Waals surface area contributed by atoms with Gasteiger partial charge in [0.25, 0.3) is 0 Å². The topological polar surface area (TPSA) is 61.7 Å². The third-order valence-electron chi connectivity index (χ3n) is 3.78. The largest absolute Gasteiger partial charge is 0.490 e. The summed E-state index contributed by atoms with van der Waals surface area (Å²) in [5.74, 6) is 0.788. The molecule has 0 heterocycles. The van der Waals surface area contributed by atoms with E-state index in [1.54, 1.807) is 0 Å². The SMILES string of the molecule is CNC1(CO)CCC(Oc2cccc(CO)c2)C1. The standard InChI is InChI=1S/C14H21NO3/c1-15-14(10-17)6-5-13(8-14)18-12-4-2-3-11(7-12)9-16/h2-4,7,13,15-17H,5-6,8-10H2,1H3. The molecular weight excluding hydrogens is 230 g/mol. The number of aliphatic hydroxyl groups is 2. The molecule has 4 nitrogen and oxygen atoms in total. The fourth-order valence-corrected chi connectivity index (χ4v) is 2.54. The Kier molecular flexibility index (Phi) is 4.22. The minimum atomic E-state index is -0.195. The molecule has 1 aromatic rings. The molecule has 0 aliphatic heterocycles. The van der Waals surface area contributed by atoms with Crippen LogP contribution in [0.2, 0.25) is 0 Å². The second-order valence-electron chi connectivity index (χ2n) is 4.98. The van der Waals surface area contributed by atoms with Gasteiger partial charge in [-0.05, 0) is 37.6 Å². The maximum absolute atomic E-state index is 9.43. The lowest BCUT2D eigenvalue weighted by atomic mass is 9.99. The highest BCUT2D eigenvalue weighted by molar-refractivity contribution is 5.28. The Morgan fingerprint density at radius 1 is 1.44 bits per heavy atom. The lowest BCUT2D eigenvalue weighted by Crippen LogP contribution is -2.44. The maximum atomic E-state index is 9.43. The van der Waals surface area contributed by atoms with Crippen molar-refractivity contribution in [3.8, 4) is 5.75 Å². The van der Waals surface area contributed by atoms with Crippen LogP contribution in [0, 0.1) is 0 Å². The number of likely N-dealkylation sites (N-methyl/N-ethyl adjacent to an activating group) is 1. The molecule has 1 aromatic carbocycles. The van der Waals surface area contributed by atoms with Crippen LogP contribution in [-0.2, 0) is 6.61 Å². The molecular formula is C14H21NO3. The second-order valence-corrected chi connectivity index (χ2v) is 4.98. The van der Waals surface area contributed by atoms with Crippen LogP contribution in [0.1, 0.15) is 24.8 Å². The Morgan fingerprint density at radius 2 is 2.28 bits per heavy atom. The molecule has 18 heavy (non-hydrogen) atoms. The molecule has 3 N–H and O–H groups in total. The van der Waals surface area contributed by atoms with Crippen molar-refractivity contribution in [1.82, 2.24) is 5.32 Å². The van der Waals surface area contributed by atoms with Crippen molar-refractivity contribution in [2.75, 3.05) is 13.7 Å². The Balaban J connectivity index is 1.98. The average Bonchev–Trinajstić information content (AvgIpc) is 2.83. The molecule has 1 saturated carbocycles. The first-order valence-electron chi connectivity index (χ1n) is 6.37. The van der Waals surface area contributed by atoms with E-state index in [1.807, 2.05) is 31.3 Å². The van der Waals surface area contributed by atoms with E-state index in [1.165, 1.54) is 0 Å². The van der Waals surface area contributed by atoms with Crippen LogP contribution in [0.25, 0.3) is 0 Å². The van der Waals surface area contributed by atoms with Crippen molar-refractivity contribution < 1.29 is 14.9 Å². The summed E-state index contributed by atoms with van der Waals surface area (Å²) in [6.07, 6.45) is 2.79. The van der Waals surface area contributed by atoms with Gasteiger partial charge in [0.15, 0.2) is 0 Å². The van der Waals surface area contributed by atoms with Crippen molar-refractivity contribution in [2.45, 2.75) is 37.5 Å². The fourth-order valence-electron chi connectivity index (χ4n) is 2.54. The summed E-state index contributed by atoms with van der Waals surface area (Å²) < 4.78 is 5.91. The number of ether oxygens (including phenoxy) is 1. The van der Waals surface area contributed by atoms with Gasteiger partial charge in [0.05, 0.1) is 13.2 Å². The zero-order valence-corrected chi connectivity index (χ0v) is 10.7. The number of hydrogen-bond acceptors (Lipinski definition) is 4. The van der Waals surface area contributed by atoms with Crippen molar-refractivity contribution in [3.05, 3.63) is 29.8 Å². The van der Waals surface area contributed by atoms with Crippen LogP contribution in [0.15, 0.2) is 24.3 Å². The molecule has 0 amide bonds. The Bertz CT molecular complexity index is 390. The van der Waals surface area contributed by atoms with Crippen LogP contribution in [0.4, 0.5) is 0 Å². The molecule has 2 unspecified atom stereocenters. The van der Waals surface area contributed by atoms with E-state index < -0.39 is 0 Å². The minimum absolute atomic E-state index is 0.0267. The Labute approximate surface area is 108 Å². The van der Waals surface area contributed by atoms with Crippen molar-refractivity contribution in [1.29, 1.82) is 0 Å². The van der Waals surface area contributed by atoms with Gasteiger partial charge < -0.3 is 20.3 Å². The first kappa shape index (κ1) is 13.3. The molecule has 1 fully saturated rings. The molecule has 2 atom stereocenters. The first-order chi connectivity index (χ1) is 8.71. The highest BCUT2D eigenvalue weighted by Crippen LogP contribution is 2.32. The number of rotatable bonds is 5. The van der Waals surface area contributed by atoms with Crippen LogP contribution < -0.4 is 10.1 Å². The smallest absolute Gasteiger partial charge is 0.120 e. The van der Waals surface area contributed by atoms with Gasteiger partial charge in [-0.3, -0.25) is 0 Å². The first-order valence-corrected chi connectivity index (χ1v) is 6.37. The summed E-state index contributed by atoms with van der Waals surface area (Å²) in [7, 11) is 1.88. The van der Waals surface area contributed by atoms with Crippen LogP contribution in [0.5, 0.6) is 5.75 Å². The van der Waals surface area contributed by atoms with Gasteiger partial charge in [0.1, 0.15) is 11.9 Å². The number of nitrogens with one attached hydrogen (secondary N) is 1. The van der Waals surface area contributed by atoms with Crippen molar-refractivity contribution in [3.63, 3.8) is 0 Å². The number of aliphatic hydroxyl groups excluding tert-OH is 2. The van der Waals surface area contributed by atoms with E-state index in [0.717, 1.165) is 30.6 Å². The zero-order valence-electron chi connectivity index (χ0n) is 10.7. The number of benzene rings is 1. The predicted octanol–water partition coefficient (Wildman–Crippen LogP) is 1.06. The summed E-state index contributed by atoms with van der Waals surface area (Å²) >= 11 is 0. The quantitative estimate of drug-likeness (QED) is 0.732. The van der Waals surface area contributed by atoms with Gasteiger partial charge in [0, 0.05) is 12.0 Å². The predicted molar refractivity (Wildman–Crippen MR) is 69.5 cm³/mol. The van der Waals surface area contributed by atoms with E-state index in [4.69, 9.17) is 9.84 Å². The molecule has 2 rings (SSSR count). The van der Waals surface area contributed by atoms with Crippen LogP contribution >= 0.6 is 0 Å². The average molecular weight is 251 g/mol. The Hall–Kier alpha value is -1.10. The van der Waals surface area contributed by atoms with Gasteiger partial charge in [-0.25, -0.2) is 0 Å². The van der Waals surface area contributed by atoms with Crippen LogP contribution in [0.3, 0.4) is 0 Å². The van der Waals surface area contributed by atoms with E-state index in [2.05, 4.69) is 5.32 Å². The fraction of sp³-hybridized carbons (Fsp3) is 0.571. The van der Waals surface area contributed by atoms with E-state index in [-0.39, 0.29) is 24.9 Å². The third kappa shape index (κ3) is 2.83. The van der Waals surface area contributed by atoms with Gasteiger partial charge in [-0.1, -0.05) is 12.1 Å². The van der Waals surface area contributed by atoms with Crippen molar-refractivity contribution >= 4 is 0 Å². The molecule has 0 radical (unpaired) electrons. The summed E-state index contributed by atoms with van der Waals surface area (Å²) in [6.45, 7) is 0.166. The maximum Gasteiger partial charge on any atom is 0.120 e. The van der Waals surface area contributed by atoms with Crippen molar-refractivity contribution in [2.24, 2.45) is 0 Å². The molecule has 1 aliphatic carbocycles. The summed E-state index contributed by atoms with van der Waals surface area (Å²) in [4.78, 5) is 0. The molecule has 0 saturated heterocycles. The second kappa shape index (κ2) is 5.69.